The highest BCUT2D eigenvalue weighted by molar-refractivity contribution is 5.92. The van der Waals surface area contributed by atoms with E-state index in [0.717, 1.165) is 25.8 Å². The Morgan fingerprint density at radius 1 is 1.42 bits per heavy atom. The minimum absolute atomic E-state index is 0.119. The molecule has 19 heavy (non-hydrogen) atoms. The molecule has 104 valence electrons. The molecule has 1 saturated carbocycles. The van der Waals surface area contributed by atoms with Crippen molar-refractivity contribution in [3.63, 3.8) is 0 Å². The van der Waals surface area contributed by atoms with Crippen molar-refractivity contribution in [3.05, 3.63) is 18.1 Å². The van der Waals surface area contributed by atoms with Crippen LogP contribution in [0, 0.1) is 5.92 Å². The largest absolute Gasteiger partial charge is 0.369 e. The summed E-state index contributed by atoms with van der Waals surface area (Å²) in [7, 11) is 0. The van der Waals surface area contributed by atoms with E-state index in [1.165, 1.54) is 12.6 Å². The maximum Gasteiger partial charge on any atom is 0.271 e. The molecule has 2 rings (SSSR count). The van der Waals surface area contributed by atoms with Crippen molar-refractivity contribution in [1.29, 1.82) is 0 Å². The molecule has 2 N–H and O–H groups in total. The van der Waals surface area contributed by atoms with Crippen LogP contribution in [0.4, 0.5) is 5.82 Å². The summed E-state index contributed by atoms with van der Waals surface area (Å²) in [6.45, 7) is 5.14. The highest BCUT2D eigenvalue weighted by atomic mass is 16.1. The van der Waals surface area contributed by atoms with Crippen LogP contribution < -0.4 is 10.6 Å². The van der Waals surface area contributed by atoms with Gasteiger partial charge in [0.25, 0.3) is 5.91 Å². The second-order valence-electron chi connectivity index (χ2n) is 5.30. The van der Waals surface area contributed by atoms with Crippen LogP contribution in [0.15, 0.2) is 12.4 Å². The lowest BCUT2D eigenvalue weighted by atomic mass is 10.1. The Kier molecular flexibility index (Phi) is 4.71. The summed E-state index contributed by atoms with van der Waals surface area (Å²) in [6, 6.07) is 0.288. The van der Waals surface area contributed by atoms with Crippen molar-refractivity contribution in [1.82, 2.24) is 15.3 Å². The zero-order valence-corrected chi connectivity index (χ0v) is 11.6. The van der Waals surface area contributed by atoms with Crippen LogP contribution in [-0.4, -0.2) is 28.5 Å². The van der Waals surface area contributed by atoms with Gasteiger partial charge in [0.2, 0.25) is 0 Å². The van der Waals surface area contributed by atoms with E-state index in [1.807, 2.05) is 0 Å². The Morgan fingerprint density at radius 3 is 2.95 bits per heavy atom. The zero-order chi connectivity index (χ0) is 13.7. The number of aromatic nitrogens is 2. The molecular weight excluding hydrogens is 240 g/mol. The molecule has 5 nitrogen and oxygen atoms in total. The molecule has 1 aliphatic carbocycles. The van der Waals surface area contributed by atoms with Gasteiger partial charge in [0.05, 0.1) is 12.4 Å². The van der Waals surface area contributed by atoms with Crippen LogP contribution in [0.5, 0.6) is 0 Å². The van der Waals surface area contributed by atoms with Crippen LogP contribution in [-0.2, 0) is 0 Å². The van der Waals surface area contributed by atoms with Crippen molar-refractivity contribution in [2.45, 2.75) is 45.6 Å². The van der Waals surface area contributed by atoms with Gasteiger partial charge in [0.15, 0.2) is 0 Å². The summed E-state index contributed by atoms with van der Waals surface area (Å²) in [6.07, 6.45) is 7.49. The van der Waals surface area contributed by atoms with E-state index in [1.54, 1.807) is 6.20 Å². The standard InChI is InChI=1S/C14H22N4O/c1-3-6-16-13-9-15-8-12(18-13)14(19)17-11-5-4-10(2)7-11/h8-11H,3-7H2,1-2H3,(H,16,18)(H,17,19). The van der Waals surface area contributed by atoms with Gasteiger partial charge in [-0.05, 0) is 31.6 Å². The number of anilines is 1. The molecule has 0 saturated heterocycles. The van der Waals surface area contributed by atoms with E-state index >= 15 is 0 Å². The third-order valence-electron chi connectivity index (χ3n) is 3.45. The van der Waals surface area contributed by atoms with Gasteiger partial charge in [-0.3, -0.25) is 9.78 Å². The maximum atomic E-state index is 12.1. The Morgan fingerprint density at radius 2 is 2.26 bits per heavy atom. The van der Waals surface area contributed by atoms with Gasteiger partial charge in [-0.15, -0.1) is 0 Å². The summed E-state index contributed by atoms with van der Waals surface area (Å²) in [5.74, 6) is 1.25. The Balaban J connectivity index is 1.94. The molecule has 1 aromatic rings. The van der Waals surface area contributed by atoms with Crippen LogP contribution in [0.1, 0.15) is 50.0 Å². The SMILES string of the molecule is CCCNc1cncc(C(=O)NC2CCC(C)C2)n1. The van der Waals surface area contributed by atoms with Gasteiger partial charge >= 0.3 is 0 Å². The maximum absolute atomic E-state index is 12.1. The summed E-state index contributed by atoms with van der Waals surface area (Å²) in [5.41, 5.74) is 0.389. The van der Waals surface area contributed by atoms with Gasteiger partial charge < -0.3 is 10.6 Å². The predicted octanol–water partition coefficient (Wildman–Crippen LogP) is 2.22. The van der Waals surface area contributed by atoms with E-state index in [2.05, 4.69) is 34.4 Å². The van der Waals surface area contributed by atoms with Gasteiger partial charge in [-0.2, -0.15) is 0 Å². The summed E-state index contributed by atoms with van der Waals surface area (Å²) in [5, 5.41) is 6.18. The average Bonchev–Trinajstić information content (AvgIpc) is 2.82. The topological polar surface area (TPSA) is 66.9 Å². The molecule has 0 bridgehead atoms. The lowest BCUT2D eigenvalue weighted by molar-refractivity contribution is 0.0932. The summed E-state index contributed by atoms with van der Waals surface area (Å²) < 4.78 is 0. The summed E-state index contributed by atoms with van der Waals surface area (Å²) >= 11 is 0. The van der Waals surface area contributed by atoms with Crippen LogP contribution in [0.25, 0.3) is 0 Å². The third kappa shape index (κ3) is 3.91. The fourth-order valence-corrected chi connectivity index (χ4v) is 2.41. The van der Waals surface area contributed by atoms with Crippen molar-refractivity contribution in [2.24, 2.45) is 5.92 Å². The smallest absolute Gasteiger partial charge is 0.271 e. The van der Waals surface area contributed by atoms with Gasteiger partial charge in [-0.25, -0.2) is 4.98 Å². The molecule has 0 spiro atoms. The first-order valence-corrected chi connectivity index (χ1v) is 7.05. The molecule has 5 heteroatoms. The van der Waals surface area contributed by atoms with E-state index in [9.17, 15) is 4.79 Å². The van der Waals surface area contributed by atoms with Crippen molar-refractivity contribution in [2.75, 3.05) is 11.9 Å². The van der Waals surface area contributed by atoms with Crippen molar-refractivity contribution < 1.29 is 4.79 Å². The van der Waals surface area contributed by atoms with Crippen LogP contribution in [0.2, 0.25) is 0 Å². The minimum atomic E-state index is -0.119. The number of hydrogen-bond acceptors (Lipinski definition) is 4. The molecule has 0 radical (unpaired) electrons. The molecule has 2 unspecified atom stereocenters. The Bertz CT molecular complexity index is 435. The fourth-order valence-electron chi connectivity index (χ4n) is 2.41. The second kappa shape index (κ2) is 6.50. The number of rotatable bonds is 5. The molecule has 1 aliphatic rings. The summed E-state index contributed by atoms with van der Waals surface area (Å²) in [4.78, 5) is 20.4. The highest BCUT2D eigenvalue weighted by Gasteiger charge is 2.23. The van der Waals surface area contributed by atoms with E-state index in [-0.39, 0.29) is 11.9 Å². The van der Waals surface area contributed by atoms with E-state index < -0.39 is 0 Å². The predicted molar refractivity (Wildman–Crippen MR) is 75.1 cm³/mol. The zero-order valence-electron chi connectivity index (χ0n) is 11.6. The van der Waals surface area contributed by atoms with Crippen molar-refractivity contribution >= 4 is 11.7 Å². The lowest BCUT2D eigenvalue weighted by Crippen LogP contribution is -2.33. The first-order valence-electron chi connectivity index (χ1n) is 7.05. The van der Waals surface area contributed by atoms with Gasteiger partial charge in [0, 0.05) is 12.6 Å². The average molecular weight is 262 g/mol. The molecule has 1 aromatic heterocycles. The number of carbonyl (C=O) groups excluding carboxylic acids is 1. The minimum Gasteiger partial charge on any atom is -0.369 e. The Hall–Kier alpha value is -1.65. The highest BCUT2D eigenvalue weighted by Crippen LogP contribution is 2.24. The Labute approximate surface area is 114 Å². The fraction of sp³-hybridized carbons (Fsp3) is 0.643. The molecule has 2 atom stereocenters. The lowest BCUT2D eigenvalue weighted by Gasteiger charge is -2.12. The molecule has 0 aliphatic heterocycles. The molecular formula is C14H22N4O. The number of nitrogens with one attached hydrogen (secondary N) is 2. The van der Waals surface area contributed by atoms with Gasteiger partial charge in [0.1, 0.15) is 11.5 Å². The molecule has 1 amide bonds. The monoisotopic (exact) mass is 262 g/mol. The van der Waals surface area contributed by atoms with Crippen molar-refractivity contribution in [3.8, 4) is 0 Å². The molecule has 1 heterocycles. The first-order chi connectivity index (χ1) is 9.19. The quantitative estimate of drug-likeness (QED) is 0.854. The van der Waals surface area contributed by atoms with E-state index in [4.69, 9.17) is 0 Å². The number of amides is 1. The molecule has 1 fully saturated rings. The first kappa shape index (κ1) is 13.8. The molecule has 0 aromatic carbocycles. The van der Waals surface area contributed by atoms with Crippen LogP contribution in [0.3, 0.4) is 0 Å². The van der Waals surface area contributed by atoms with Crippen LogP contribution >= 0.6 is 0 Å². The second-order valence-corrected chi connectivity index (χ2v) is 5.30. The normalized spacial score (nSPS) is 22.2. The van der Waals surface area contributed by atoms with Gasteiger partial charge in [-0.1, -0.05) is 13.8 Å². The number of nitrogens with zero attached hydrogens (tertiary/aromatic N) is 2. The number of hydrogen-bond donors (Lipinski definition) is 2. The van der Waals surface area contributed by atoms with E-state index in [0.29, 0.717) is 17.4 Å². The number of carbonyl (C=O) groups is 1. The third-order valence-corrected chi connectivity index (χ3v) is 3.45.